The number of hydrogen-bond acceptors (Lipinski definition) is 3. The molecule has 21 heavy (non-hydrogen) atoms. The van der Waals surface area contributed by atoms with Crippen LogP contribution in [0.4, 0.5) is 4.39 Å². The van der Waals surface area contributed by atoms with Gasteiger partial charge in [0.15, 0.2) is 0 Å². The van der Waals surface area contributed by atoms with E-state index in [2.05, 4.69) is 16.7 Å². The third-order valence-corrected chi connectivity index (χ3v) is 3.51. The van der Waals surface area contributed by atoms with Crippen molar-refractivity contribution in [3.8, 4) is 11.8 Å². The van der Waals surface area contributed by atoms with Crippen molar-refractivity contribution in [1.29, 1.82) is 0 Å². The second-order valence-electron chi connectivity index (χ2n) is 5.41. The number of ether oxygens (including phenoxy) is 1. The first-order valence-electron chi connectivity index (χ1n) is 7.37. The molecule has 0 aromatic heterocycles. The number of likely N-dealkylation sites (N-methyl/N-ethyl adjacent to an activating group) is 1. The normalized spacial score (nSPS) is 17.8. The summed E-state index contributed by atoms with van der Waals surface area (Å²) < 4.78 is 19.0. The van der Waals surface area contributed by atoms with E-state index in [-0.39, 0.29) is 12.4 Å². The summed E-state index contributed by atoms with van der Waals surface area (Å²) in [6.07, 6.45) is 2.95. The van der Waals surface area contributed by atoms with E-state index in [1.807, 2.05) is 7.05 Å². The molecule has 1 aliphatic heterocycles. The Morgan fingerprint density at radius 2 is 2.33 bits per heavy atom. The van der Waals surface area contributed by atoms with Crippen molar-refractivity contribution >= 4 is 0 Å². The van der Waals surface area contributed by atoms with Crippen LogP contribution in [0, 0.1) is 17.7 Å². The van der Waals surface area contributed by atoms with Gasteiger partial charge in [-0.05, 0) is 37.6 Å². The molecule has 0 amide bonds. The molecule has 2 rings (SSSR count). The minimum atomic E-state index is -0.283. The molecule has 0 saturated carbocycles. The molecule has 4 heteroatoms. The molecular formula is C17H22FNO2. The Kier molecular flexibility index (Phi) is 6.19. The molecule has 0 radical (unpaired) electrons. The van der Waals surface area contributed by atoms with E-state index in [4.69, 9.17) is 9.84 Å². The second-order valence-corrected chi connectivity index (χ2v) is 5.41. The van der Waals surface area contributed by atoms with Crippen molar-refractivity contribution in [1.82, 2.24) is 4.90 Å². The molecule has 0 aliphatic carbocycles. The average Bonchev–Trinajstić information content (AvgIpc) is 2.95. The first kappa shape index (κ1) is 16.0. The van der Waals surface area contributed by atoms with Crippen molar-refractivity contribution in [3.05, 3.63) is 35.1 Å². The van der Waals surface area contributed by atoms with E-state index in [1.54, 1.807) is 6.07 Å². The van der Waals surface area contributed by atoms with Gasteiger partial charge in [-0.2, -0.15) is 0 Å². The van der Waals surface area contributed by atoms with Crippen LogP contribution in [0.5, 0.6) is 0 Å². The molecule has 0 spiro atoms. The van der Waals surface area contributed by atoms with Crippen LogP contribution in [0.1, 0.15) is 30.4 Å². The summed E-state index contributed by atoms with van der Waals surface area (Å²) in [4.78, 5) is 2.18. The summed E-state index contributed by atoms with van der Waals surface area (Å²) in [6, 6.07) is 4.70. The highest BCUT2D eigenvalue weighted by Crippen LogP contribution is 2.16. The molecule has 3 nitrogen and oxygen atoms in total. The van der Waals surface area contributed by atoms with Gasteiger partial charge >= 0.3 is 0 Å². The number of hydrogen-bond donors (Lipinski definition) is 1. The molecule has 0 bridgehead atoms. The molecule has 1 atom stereocenters. The Bertz CT molecular complexity index is 515. The molecule has 1 aromatic rings. The van der Waals surface area contributed by atoms with E-state index in [1.165, 1.54) is 12.1 Å². The number of aliphatic hydroxyl groups excluding tert-OH is 1. The largest absolute Gasteiger partial charge is 0.395 e. The number of halogens is 1. The van der Waals surface area contributed by atoms with E-state index in [0.29, 0.717) is 24.6 Å². The zero-order chi connectivity index (χ0) is 15.1. The molecular weight excluding hydrogens is 269 g/mol. The summed E-state index contributed by atoms with van der Waals surface area (Å²) >= 11 is 0. The quantitative estimate of drug-likeness (QED) is 0.844. The fourth-order valence-corrected chi connectivity index (χ4v) is 2.51. The van der Waals surface area contributed by atoms with E-state index in [0.717, 1.165) is 31.6 Å². The van der Waals surface area contributed by atoms with Crippen LogP contribution < -0.4 is 0 Å². The van der Waals surface area contributed by atoms with Crippen LogP contribution >= 0.6 is 0 Å². The van der Waals surface area contributed by atoms with Gasteiger partial charge in [-0.1, -0.05) is 17.9 Å². The summed E-state index contributed by atoms with van der Waals surface area (Å²) in [5, 5.41) is 8.77. The molecule has 1 saturated heterocycles. The third-order valence-electron chi connectivity index (χ3n) is 3.51. The van der Waals surface area contributed by atoms with E-state index >= 15 is 0 Å². The molecule has 1 unspecified atom stereocenters. The zero-order valence-electron chi connectivity index (χ0n) is 12.4. The second kappa shape index (κ2) is 8.14. The lowest BCUT2D eigenvalue weighted by molar-refractivity contribution is 0.0793. The molecule has 1 aromatic carbocycles. The van der Waals surface area contributed by atoms with Crippen molar-refractivity contribution in [2.75, 3.05) is 26.8 Å². The highest BCUT2D eigenvalue weighted by Gasteiger charge is 2.17. The summed E-state index contributed by atoms with van der Waals surface area (Å²) in [6.45, 7) is 2.47. The number of benzene rings is 1. The molecule has 114 valence electrons. The van der Waals surface area contributed by atoms with Gasteiger partial charge in [-0.15, -0.1) is 0 Å². The highest BCUT2D eigenvalue weighted by molar-refractivity contribution is 5.41. The predicted octanol–water partition coefficient (Wildman–Crippen LogP) is 2.17. The zero-order valence-corrected chi connectivity index (χ0v) is 12.4. The monoisotopic (exact) mass is 291 g/mol. The van der Waals surface area contributed by atoms with Gasteiger partial charge in [-0.25, -0.2) is 4.39 Å². The Morgan fingerprint density at radius 3 is 3.05 bits per heavy atom. The lowest BCUT2D eigenvalue weighted by Crippen LogP contribution is -2.28. The van der Waals surface area contributed by atoms with Crippen molar-refractivity contribution in [3.63, 3.8) is 0 Å². The Balaban J connectivity index is 2.02. The minimum absolute atomic E-state index is 0.0244. The molecule has 1 fully saturated rings. The third kappa shape index (κ3) is 5.13. The van der Waals surface area contributed by atoms with Gasteiger partial charge in [0.25, 0.3) is 0 Å². The van der Waals surface area contributed by atoms with Gasteiger partial charge in [0.05, 0.1) is 12.7 Å². The Labute approximate surface area is 125 Å². The van der Waals surface area contributed by atoms with Crippen LogP contribution in [0.25, 0.3) is 0 Å². The lowest BCUT2D eigenvalue weighted by atomic mass is 10.1. The van der Waals surface area contributed by atoms with Crippen LogP contribution in [-0.2, 0) is 11.3 Å². The Hall–Kier alpha value is -1.41. The maximum absolute atomic E-state index is 13.4. The molecule has 1 aliphatic rings. The van der Waals surface area contributed by atoms with Gasteiger partial charge in [0.1, 0.15) is 5.82 Å². The highest BCUT2D eigenvalue weighted by atomic mass is 19.1. The summed E-state index contributed by atoms with van der Waals surface area (Å²) in [5.74, 6) is 5.52. The first-order valence-corrected chi connectivity index (χ1v) is 7.37. The smallest absolute Gasteiger partial charge is 0.124 e. The van der Waals surface area contributed by atoms with Gasteiger partial charge in [0, 0.05) is 31.7 Å². The van der Waals surface area contributed by atoms with Crippen molar-refractivity contribution in [2.24, 2.45) is 0 Å². The molecule has 1 heterocycles. The lowest BCUT2D eigenvalue weighted by Gasteiger charge is -2.21. The standard InChI is InChI=1S/C17H22FNO2/c1-19(13-17-6-4-10-21-17)12-15-7-8-16(18)11-14(15)5-2-3-9-20/h7-8,11,17,20H,3-4,6,9-10,12-13H2,1H3. The van der Waals surface area contributed by atoms with E-state index in [9.17, 15) is 4.39 Å². The predicted molar refractivity (Wildman–Crippen MR) is 80.3 cm³/mol. The topological polar surface area (TPSA) is 32.7 Å². The maximum Gasteiger partial charge on any atom is 0.124 e. The van der Waals surface area contributed by atoms with Crippen molar-refractivity contribution in [2.45, 2.75) is 31.9 Å². The summed E-state index contributed by atoms with van der Waals surface area (Å²) in [5.41, 5.74) is 1.70. The average molecular weight is 291 g/mol. The number of aliphatic hydroxyl groups is 1. The van der Waals surface area contributed by atoms with Crippen molar-refractivity contribution < 1.29 is 14.2 Å². The van der Waals surface area contributed by atoms with Gasteiger partial charge in [0.2, 0.25) is 0 Å². The fourth-order valence-electron chi connectivity index (χ4n) is 2.51. The van der Waals surface area contributed by atoms with Gasteiger partial charge < -0.3 is 9.84 Å². The van der Waals surface area contributed by atoms with E-state index < -0.39 is 0 Å². The van der Waals surface area contributed by atoms with Gasteiger partial charge in [-0.3, -0.25) is 4.90 Å². The first-order chi connectivity index (χ1) is 10.2. The SMILES string of the molecule is CN(Cc1ccc(F)cc1C#CCCO)CC1CCCO1. The summed E-state index contributed by atoms with van der Waals surface area (Å²) in [7, 11) is 2.04. The van der Waals surface area contributed by atoms with Crippen LogP contribution in [0.3, 0.4) is 0 Å². The van der Waals surface area contributed by atoms with Crippen LogP contribution in [-0.4, -0.2) is 42.9 Å². The number of rotatable bonds is 5. The maximum atomic E-state index is 13.4. The van der Waals surface area contributed by atoms with Crippen LogP contribution in [0.2, 0.25) is 0 Å². The molecule has 1 N–H and O–H groups in total. The Morgan fingerprint density at radius 1 is 1.48 bits per heavy atom. The number of nitrogens with zero attached hydrogens (tertiary/aromatic N) is 1. The minimum Gasteiger partial charge on any atom is -0.395 e. The fraction of sp³-hybridized carbons (Fsp3) is 0.529. The van der Waals surface area contributed by atoms with Crippen LogP contribution in [0.15, 0.2) is 18.2 Å².